The summed E-state index contributed by atoms with van der Waals surface area (Å²) in [4.78, 5) is -0.346. The number of benzene rings is 2. The van der Waals surface area contributed by atoms with E-state index in [2.05, 4.69) is 4.72 Å². The minimum atomic E-state index is -4.04. The van der Waals surface area contributed by atoms with Crippen molar-refractivity contribution in [3.05, 3.63) is 47.2 Å². The Morgan fingerprint density at radius 2 is 1.95 bits per heavy atom. The van der Waals surface area contributed by atoms with Crippen molar-refractivity contribution in [2.24, 2.45) is 0 Å². The third-order valence-electron chi connectivity index (χ3n) is 2.44. The van der Waals surface area contributed by atoms with Crippen LogP contribution < -0.4 is 10.5 Å². The summed E-state index contributed by atoms with van der Waals surface area (Å²) in [7, 11) is -4.04. The molecule has 0 fully saturated rings. The number of halogens is 2. The lowest BCUT2D eigenvalue weighted by molar-refractivity contribution is 0.475. The molecule has 0 radical (unpaired) electrons. The molecule has 4 N–H and O–H groups in total. The number of anilines is 2. The van der Waals surface area contributed by atoms with Gasteiger partial charge in [0, 0.05) is 6.07 Å². The van der Waals surface area contributed by atoms with Gasteiger partial charge >= 0.3 is 0 Å². The first-order valence-corrected chi connectivity index (χ1v) is 7.22. The van der Waals surface area contributed by atoms with Crippen LogP contribution in [0.2, 0.25) is 5.02 Å². The maximum atomic E-state index is 13.2. The molecule has 0 bridgehead atoms. The van der Waals surface area contributed by atoms with Crippen LogP contribution in [0, 0.1) is 5.82 Å². The molecule has 2 rings (SSSR count). The van der Waals surface area contributed by atoms with Gasteiger partial charge in [-0.2, -0.15) is 0 Å². The largest absolute Gasteiger partial charge is 0.508 e. The second-order valence-electron chi connectivity index (χ2n) is 3.96. The minimum Gasteiger partial charge on any atom is -0.508 e. The average molecular weight is 317 g/mol. The van der Waals surface area contributed by atoms with E-state index in [0.717, 1.165) is 12.1 Å². The number of hydrogen-bond donors (Lipinski definition) is 3. The van der Waals surface area contributed by atoms with E-state index in [1.165, 1.54) is 24.3 Å². The third-order valence-corrected chi connectivity index (χ3v) is 4.29. The molecule has 20 heavy (non-hydrogen) atoms. The quantitative estimate of drug-likeness (QED) is 0.759. The van der Waals surface area contributed by atoms with Crippen molar-refractivity contribution in [1.82, 2.24) is 0 Å². The Morgan fingerprint density at radius 1 is 1.25 bits per heavy atom. The first kappa shape index (κ1) is 14.4. The molecule has 0 spiro atoms. The number of aromatic hydroxyl groups is 1. The van der Waals surface area contributed by atoms with Gasteiger partial charge in [0.25, 0.3) is 10.0 Å². The molecule has 0 heterocycles. The first-order valence-electron chi connectivity index (χ1n) is 5.36. The molecule has 0 aromatic heterocycles. The Labute approximate surface area is 119 Å². The number of sulfonamides is 1. The lowest BCUT2D eigenvalue weighted by Gasteiger charge is -2.10. The number of phenolic OH excluding ortho intramolecular Hbond substituents is 1. The summed E-state index contributed by atoms with van der Waals surface area (Å²) in [5.74, 6) is -0.902. The van der Waals surface area contributed by atoms with Crippen molar-refractivity contribution >= 4 is 33.0 Å². The molecule has 0 saturated carbocycles. The number of nitrogen functional groups attached to an aromatic ring is 1. The Hall–Kier alpha value is -1.99. The van der Waals surface area contributed by atoms with E-state index in [1.54, 1.807) is 0 Å². The van der Waals surface area contributed by atoms with Crippen molar-refractivity contribution in [3.8, 4) is 5.75 Å². The van der Waals surface area contributed by atoms with Crippen molar-refractivity contribution < 1.29 is 17.9 Å². The van der Waals surface area contributed by atoms with Gasteiger partial charge < -0.3 is 10.8 Å². The van der Waals surface area contributed by atoms with E-state index in [1.807, 2.05) is 0 Å². The van der Waals surface area contributed by atoms with Gasteiger partial charge in [0.05, 0.1) is 16.4 Å². The standard InChI is InChI=1S/C12H10ClFN2O3S/c13-9-5-10(14)11(15)6-12(9)20(18,19)16-7-2-1-3-8(17)4-7/h1-6,16-17H,15H2. The van der Waals surface area contributed by atoms with Gasteiger partial charge in [0.15, 0.2) is 0 Å². The fourth-order valence-electron chi connectivity index (χ4n) is 1.53. The Bertz CT molecular complexity index is 765. The van der Waals surface area contributed by atoms with Crippen LogP contribution >= 0.6 is 11.6 Å². The highest BCUT2D eigenvalue weighted by molar-refractivity contribution is 7.92. The zero-order chi connectivity index (χ0) is 14.9. The lowest BCUT2D eigenvalue weighted by Crippen LogP contribution is -2.14. The molecular weight excluding hydrogens is 307 g/mol. The zero-order valence-electron chi connectivity index (χ0n) is 9.97. The van der Waals surface area contributed by atoms with Crippen LogP contribution in [-0.4, -0.2) is 13.5 Å². The van der Waals surface area contributed by atoms with E-state index >= 15 is 0 Å². The molecule has 0 aliphatic carbocycles. The highest BCUT2D eigenvalue weighted by Crippen LogP contribution is 2.28. The van der Waals surface area contributed by atoms with Crippen molar-refractivity contribution in [2.45, 2.75) is 4.90 Å². The van der Waals surface area contributed by atoms with Gasteiger partial charge in [-0.15, -0.1) is 0 Å². The Kier molecular flexibility index (Phi) is 3.74. The van der Waals surface area contributed by atoms with Gasteiger partial charge in [-0.05, 0) is 24.3 Å². The fraction of sp³-hybridized carbons (Fsp3) is 0. The summed E-state index contributed by atoms with van der Waals surface area (Å²) < 4.78 is 39.7. The lowest BCUT2D eigenvalue weighted by atomic mass is 10.3. The summed E-state index contributed by atoms with van der Waals surface area (Å²) in [6.07, 6.45) is 0. The van der Waals surface area contributed by atoms with Crippen molar-refractivity contribution in [1.29, 1.82) is 0 Å². The van der Waals surface area contributed by atoms with Crippen LogP contribution in [0.4, 0.5) is 15.8 Å². The van der Waals surface area contributed by atoms with Crippen LogP contribution in [0.25, 0.3) is 0 Å². The highest BCUT2D eigenvalue weighted by atomic mass is 35.5. The van der Waals surface area contributed by atoms with Gasteiger partial charge in [0.2, 0.25) is 0 Å². The monoisotopic (exact) mass is 316 g/mol. The maximum Gasteiger partial charge on any atom is 0.263 e. The molecule has 5 nitrogen and oxygen atoms in total. The molecular formula is C12H10ClFN2O3S. The summed E-state index contributed by atoms with van der Waals surface area (Å²) in [5.41, 5.74) is 5.15. The molecule has 0 unspecified atom stereocenters. The van der Waals surface area contributed by atoms with Crippen LogP contribution in [0.5, 0.6) is 5.75 Å². The third kappa shape index (κ3) is 2.94. The van der Waals surface area contributed by atoms with Gasteiger partial charge in [-0.3, -0.25) is 4.72 Å². The van der Waals surface area contributed by atoms with Crippen molar-refractivity contribution in [2.75, 3.05) is 10.5 Å². The SMILES string of the molecule is Nc1cc(S(=O)(=O)Nc2cccc(O)c2)c(Cl)cc1F. The summed E-state index contributed by atoms with van der Waals surface area (Å²) in [6.45, 7) is 0. The van der Waals surface area contributed by atoms with Crippen LogP contribution in [0.3, 0.4) is 0 Å². The summed E-state index contributed by atoms with van der Waals surface area (Å²) in [5, 5.41) is 9.00. The first-order chi connectivity index (χ1) is 9.29. The van der Waals surface area contributed by atoms with Crippen LogP contribution in [-0.2, 0) is 10.0 Å². The van der Waals surface area contributed by atoms with Gasteiger partial charge in [-0.1, -0.05) is 17.7 Å². The van der Waals surface area contributed by atoms with E-state index < -0.39 is 15.8 Å². The number of nitrogens with one attached hydrogen (secondary N) is 1. The molecule has 0 aliphatic heterocycles. The summed E-state index contributed by atoms with van der Waals surface area (Å²) in [6, 6.07) is 7.28. The maximum absolute atomic E-state index is 13.2. The molecule has 0 amide bonds. The highest BCUT2D eigenvalue weighted by Gasteiger charge is 2.20. The molecule has 8 heteroatoms. The van der Waals surface area contributed by atoms with E-state index in [4.69, 9.17) is 17.3 Å². The van der Waals surface area contributed by atoms with Gasteiger partial charge in [-0.25, -0.2) is 12.8 Å². The van der Waals surface area contributed by atoms with E-state index in [-0.39, 0.29) is 27.0 Å². The van der Waals surface area contributed by atoms with Crippen LogP contribution in [0.1, 0.15) is 0 Å². The second kappa shape index (κ2) is 5.18. The Balaban J connectivity index is 2.43. The number of phenols is 1. The molecule has 0 atom stereocenters. The molecule has 2 aromatic rings. The predicted octanol–water partition coefficient (Wildman–Crippen LogP) is 2.57. The van der Waals surface area contributed by atoms with Crippen LogP contribution in [0.15, 0.2) is 41.3 Å². The Morgan fingerprint density at radius 3 is 2.60 bits per heavy atom. The number of rotatable bonds is 3. The average Bonchev–Trinajstić information content (AvgIpc) is 2.33. The molecule has 106 valence electrons. The van der Waals surface area contributed by atoms with Crippen molar-refractivity contribution in [3.63, 3.8) is 0 Å². The molecule has 0 aliphatic rings. The van der Waals surface area contributed by atoms with E-state index in [0.29, 0.717) is 0 Å². The topological polar surface area (TPSA) is 92.4 Å². The normalized spacial score (nSPS) is 11.3. The van der Waals surface area contributed by atoms with E-state index in [9.17, 15) is 17.9 Å². The van der Waals surface area contributed by atoms with Gasteiger partial charge in [0.1, 0.15) is 16.5 Å². The molecule has 0 saturated heterocycles. The molecule has 2 aromatic carbocycles. The number of nitrogens with two attached hydrogens (primary N) is 1. The minimum absolute atomic E-state index is 0.102. The summed E-state index contributed by atoms with van der Waals surface area (Å²) >= 11 is 5.72. The second-order valence-corrected chi connectivity index (χ2v) is 6.02. The zero-order valence-corrected chi connectivity index (χ0v) is 11.5. The fourth-order valence-corrected chi connectivity index (χ4v) is 3.13. The smallest absolute Gasteiger partial charge is 0.263 e. The number of hydrogen-bond acceptors (Lipinski definition) is 4. The predicted molar refractivity (Wildman–Crippen MR) is 74.7 cm³/mol.